The monoisotopic (exact) mass is 319 g/mol. The Balaban J connectivity index is 2.47. The van der Waals surface area contributed by atoms with E-state index in [4.69, 9.17) is 17.3 Å². The van der Waals surface area contributed by atoms with E-state index in [1.165, 1.54) is 0 Å². The van der Waals surface area contributed by atoms with Gasteiger partial charge in [-0.3, -0.25) is 4.79 Å². The van der Waals surface area contributed by atoms with Crippen LogP contribution in [-0.2, 0) is 0 Å². The molecule has 1 rings (SSSR count). The van der Waals surface area contributed by atoms with Gasteiger partial charge < -0.3 is 16.4 Å². The first-order chi connectivity index (χ1) is 8.00. The molecule has 92 valence electrons. The average molecular weight is 321 g/mol. The van der Waals surface area contributed by atoms with Crippen molar-refractivity contribution in [2.24, 2.45) is 5.73 Å². The minimum Gasteiger partial charge on any atom is -0.352 e. The number of hydrogen-bond acceptors (Lipinski definition) is 2. The fourth-order valence-corrected chi connectivity index (χ4v) is 1.53. The van der Waals surface area contributed by atoms with E-state index in [0.29, 0.717) is 17.1 Å². The Bertz CT molecular complexity index is 440. The van der Waals surface area contributed by atoms with Gasteiger partial charge in [0.05, 0.1) is 5.02 Å². The largest absolute Gasteiger partial charge is 0.352 e. The summed E-state index contributed by atoms with van der Waals surface area (Å²) < 4.78 is 0.728. The quantitative estimate of drug-likeness (QED) is 0.735. The number of carbonyl (C=O) groups is 2. The van der Waals surface area contributed by atoms with Crippen LogP contribution in [0.1, 0.15) is 10.4 Å². The molecular formula is C10H11BrClN3O2. The van der Waals surface area contributed by atoms with Gasteiger partial charge in [0, 0.05) is 23.1 Å². The highest BCUT2D eigenvalue weighted by molar-refractivity contribution is 9.10. The van der Waals surface area contributed by atoms with E-state index in [-0.39, 0.29) is 12.5 Å². The first-order valence-corrected chi connectivity index (χ1v) is 5.94. The Kier molecular flexibility index (Phi) is 5.24. The minimum absolute atomic E-state index is 0.259. The van der Waals surface area contributed by atoms with Crippen LogP contribution >= 0.6 is 27.5 Å². The first kappa shape index (κ1) is 13.8. The number of urea groups is 1. The second-order valence-electron chi connectivity index (χ2n) is 3.18. The summed E-state index contributed by atoms with van der Waals surface area (Å²) >= 11 is 9.09. The van der Waals surface area contributed by atoms with Gasteiger partial charge in [-0.1, -0.05) is 11.6 Å². The number of rotatable bonds is 4. The standard InChI is InChI=1S/C10H11BrClN3O2/c11-7-2-1-6(5-8(7)12)9(16)14-3-4-15-10(13)17/h1-2,5H,3-4H2,(H,14,16)(H3,13,15,17). The molecule has 0 aliphatic rings. The Morgan fingerprint density at radius 3 is 2.53 bits per heavy atom. The third-order valence-electron chi connectivity index (χ3n) is 1.89. The van der Waals surface area contributed by atoms with Crippen LogP contribution in [0.15, 0.2) is 22.7 Å². The molecule has 0 saturated heterocycles. The van der Waals surface area contributed by atoms with Crippen molar-refractivity contribution >= 4 is 39.5 Å². The molecule has 0 atom stereocenters. The number of benzene rings is 1. The summed E-state index contributed by atoms with van der Waals surface area (Å²) in [6, 6.07) is 4.28. The minimum atomic E-state index is -0.620. The third-order valence-corrected chi connectivity index (χ3v) is 3.12. The maximum atomic E-state index is 11.6. The molecule has 1 aromatic carbocycles. The normalized spacial score (nSPS) is 9.76. The molecule has 17 heavy (non-hydrogen) atoms. The lowest BCUT2D eigenvalue weighted by molar-refractivity contribution is 0.0954. The molecule has 0 spiro atoms. The molecule has 7 heteroatoms. The van der Waals surface area contributed by atoms with Crippen molar-refractivity contribution in [2.75, 3.05) is 13.1 Å². The molecule has 0 saturated carbocycles. The van der Waals surface area contributed by atoms with Crippen LogP contribution in [0.4, 0.5) is 4.79 Å². The van der Waals surface area contributed by atoms with Gasteiger partial charge in [-0.2, -0.15) is 0 Å². The SMILES string of the molecule is NC(=O)NCCNC(=O)c1ccc(Br)c(Cl)c1. The van der Waals surface area contributed by atoms with Gasteiger partial charge in [-0.05, 0) is 34.1 Å². The molecular weight excluding hydrogens is 309 g/mol. The van der Waals surface area contributed by atoms with E-state index < -0.39 is 6.03 Å². The molecule has 4 N–H and O–H groups in total. The predicted octanol–water partition coefficient (Wildman–Crippen LogP) is 1.50. The third kappa shape index (κ3) is 4.62. The molecule has 0 aliphatic carbocycles. The van der Waals surface area contributed by atoms with E-state index in [1.807, 2.05) is 0 Å². The molecule has 5 nitrogen and oxygen atoms in total. The maximum Gasteiger partial charge on any atom is 0.312 e. The first-order valence-electron chi connectivity index (χ1n) is 4.77. The van der Waals surface area contributed by atoms with Crippen molar-refractivity contribution in [1.29, 1.82) is 0 Å². The summed E-state index contributed by atoms with van der Waals surface area (Å²) in [6.07, 6.45) is 0. The van der Waals surface area contributed by atoms with Crippen molar-refractivity contribution in [3.8, 4) is 0 Å². The second-order valence-corrected chi connectivity index (χ2v) is 4.44. The Morgan fingerprint density at radius 1 is 1.29 bits per heavy atom. The van der Waals surface area contributed by atoms with Crippen LogP contribution in [0.2, 0.25) is 5.02 Å². The van der Waals surface area contributed by atoms with Crippen molar-refractivity contribution in [3.63, 3.8) is 0 Å². The van der Waals surface area contributed by atoms with Crippen molar-refractivity contribution in [2.45, 2.75) is 0 Å². The lowest BCUT2D eigenvalue weighted by atomic mass is 10.2. The van der Waals surface area contributed by atoms with E-state index in [0.717, 1.165) is 4.47 Å². The maximum absolute atomic E-state index is 11.6. The van der Waals surface area contributed by atoms with Gasteiger partial charge >= 0.3 is 6.03 Å². The number of hydrogen-bond donors (Lipinski definition) is 3. The molecule has 1 aromatic rings. The van der Waals surface area contributed by atoms with E-state index >= 15 is 0 Å². The van der Waals surface area contributed by atoms with Gasteiger partial charge in [0.15, 0.2) is 0 Å². The zero-order chi connectivity index (χ0) is 12.8. The smallest absolute Gasteiger partial charge is 0.312 e. The Morgan fingerprint density at radius 2 is 1.94 bits per heavy atom. The zero-order valence-electron chi connectivity index (χ0n) is 8.80. The summed E-state index contributed by atoms with van der Waals surface area (Å²) in [7, 11) is 0. The molecule has 0 fully saturated rings. The second kappa shape index (κ2) is 6.46. The lowest BCUT2D eigenvalue weighted by Crippen LogP contribution is -2.37. The van der Waals surface area contributed by atoms with E-state index in [9.17, 15) is 9.59 Å². The van der Waals surface area contributed by atoms with Gasteiger partial charge in [-0.15, -0.1) is 0 Å². The topological polar surface area (TPSA) is 84.2 Å². The fourth-order valence-electron chi connectivity index (χ4n) is 1.10. The lowest BCUT2D eigenvalue weighted by Gasteiger charge is -2.06. The molecule has 3 amide bonds. The van der Waals surface area contributed by atoms with Gasteiger partial charge in [0.2, 0.25) is 0 Å². The van der Waals surface area contributed by atoms with Crippen LogP contribution in [0.25, 0.3) is 0 Å². The van der Waals surface area contributed by atoms with E-state index in [2.05, 4.69) is 26.6 Å². The molecule has 0 bridgehead atoms. The number of primary amides is 1. The van der Waals surface area contributed by atoms with Crippen LogP contribution in [0.3, 0.4) is 0 Å². The number of nitrogens with two attached hydrogens (primary N) is 1. The number of nitrogens with one attached hydrogen (secondary N) is 2. The van der Waals surface area contributed by atoms with Crippen LogP contribution in [0, 0.1) is 0 Å². The van der Waals surface area contributed by atoms with Crippen molar-refractivity contribution in [1.82, 2.24) is 10.6 Å². The van der Waals surface area contributed by atoms with Crippen LogP contribution in [-0.4, -0.2) is 25.0 Å². The zero-order valence-corrected chi connectivity index (χ0v) is 11.1. The average Bonchev–Trinajstić information content (AvgIpc) is 2.27. The number of halogens is 2. The highest BCUT2D eigenvalue weighted by Gasteiger charge is 2.06. The Labute approximate surface area is 112 Å². The van der Waals surface area contributed by atoms with Gasteiger partial charge in [0.1, 0.15) is 0 Å². The molecule has 0 radical (unpaired) electrons. The number of amides is 3. The van der Waals surface area contributed by atoms with Crippen molar-refractivity contribution in [3.05, 3.63) is 33.3 Å². The van der Waals surface area contributed by atoms with Gasteiger partial charge in [0.25, 0.3) is 5.91 Å². The summed E-state index contributed by atoms with van der Waals surface area (Å²) in [5.41, 5.74) is 5.33. The van der Waals surface area contributed by atoms with Gasteiger partial charge in [-0.25, -0.2) is 4.79 Å². The summed E-state index contributed by atoms with van der Waals surface area (Å²) in [5, 5.41) is 5.45. The number of carbonyl (C=O) groups excluding carboxylic acids is 2. The van der Waals surface area contributed by atoms with Crippen LogP contribution < -0.4 is 16.4 Å². The molecule has 0 unspecified atom stereocenters. The molecule has 0 aliphatic heterocycles. The van der Waals surface area contributed by atoms with E-state index in [1.54, 1.807) is 18.2 Å². The highest BCUT2D eigenvalue weighted by atomic mass is 79.9. The fraction of sp³-hybridized carbons (Fsp3) is 0.200. The van der Waals surface area contributed by atoms with Crippen LogP contribution in [0.5, 0.6) is 0 Å². The molecule has 0 aromatic heterocycles. The molecule has 0 heterocycles. The highest BCUT2D eigenvalue weighted by Crippen LogP contribution is 2.22. The Hall–Kier alpha value is -1.27. The van der Waals surface area contributed by atoms with Crippen molar-refractivity contribution < 1.29 is 9.59 Å². The summed E-state index contributed by atoms with van der Waals surface area (Å²) in [5.74, 6) is -0.259. The summed E-state index contributed by atoms with van der Waals surface area (Å²) in [4.78, 5) is 22.0. The predicted molar refractivity (Wildman–Crippen MR) is 69.1 cm³/mol. The summed E-state index contributed by atoms with van der Waals surface area (Å²) in [6.45, 7) is 0.584.